The lowest BCUT2D eigenvalue weighted by molar-refractivity contribution is 0.219. The number of carbonyl (C=O) groups excluding carboxylic acids is 1. The van der Waals surface area contributed by atoms with Gasteiger partial charge < -0.3 is 10.2 Å². The first kappa shape index (κ1) is 15.8. The molecule has 0 aliphatic heterocycles. The van der Waals surface area contributed by atoms with Gasteiger partial charge in [-0.15, -0.1) is 10.2 Å². The zero-order chi connectivity index (χ0) is 16.4. The summed E-state index contributed by atoms with van der Waals surface area (Å²) >= 11 is 9.44. The van der Waals surface area contributed by atoms with Gasteiger partial charge >= 0.3 is 6.03 Å². The number of benzene rings is 1. The van der Waals surface area contributed by atoms with Crippen molar-refractivity contribution < 1.29 is 4.79 Å². The van der Waals surface area contributed by atoms with Crippen molar-refractivity contribution in [3.8, 4) is 0 Å². The number of aromatic nitrogens is 3. The zero-order valence-corrected chi connectivity index (χ0v) is 14.5. The van der Waals surface area contributed by atoms with E-state index in [1.165, 1.54) is 4.90 Å². The van der Waals surface area contributed by atoms with E-state index in [-0.39, 0.29) is 6.03 Å². The molecule has 0 saturated carbocycles. The van der Waals surface area contributed by atoms with Crippen LogP contribution in [0.1, 0.15) is 5.82 Å². The molecule has 2 heterocycles. The molecule has 2 aromatic heterocycles. The molecule has 0 spiro atoms. The summed E-state index contributed by atoms with van der Waals surface area (Å²) in [5.74, 6) is 0.681. The Labute approximate surface area is 146 Å². The van der Waals surface area contributed by atoms with Crippen LogP contribution in [0.15, 0.2) is 47.1 Å². The molecule has 3 aromatic rings. The molecule has 0 saturated heterocycles. The number of halogens is 2. The van der Waals surface area contributed by atoms with Gasteiger partial charge in [-0.1, -0.05) is 33.6 Å². The molecule has 0 fully saturated rings. The van der Waals surface area contributed by atoms with Crippen molar-refractivity contribution in [1.29, 1.82) is 0 Å². The van der Waals surface area contributed by atoms with Crippen LogP contribution in [0.2, 0.25) is 5.02 Å². The summed E-state index contributed by atoms with van der Waals surface area (Å²) in [4.78, 5) is 13.8. The summed E-state index contributed by atoms with van der Waals surface area (Å²) in [5.41, 5.74) is 1.30. The lowest BCUT2D eigenvalue weighted by atomic mass is 10.3. The maximum absolute atomic E-state index is 12.3. The Bertz CT molecular complexity index is 866. The van der Waals surface area contributed by atoms with Crippen molar-refractivity contribution in [1.82, 2.24) is 19.5 Å². The standard InChI is InChI=1S/C15H13BrClN5O/c1-21(9-14-20-19-13-4-2-3-7-22(13)14)15(23)18-12-6-5-10(16)8-11(12)17/h2-8H,9H2,1H3,(H,18,23). The van der Waals surface area contributed by atoms with Crippen LogP contribution in [0, 0.1) is 0 Å². The third-order valence-electron chi connectivity index (χ3n) is 3.28. The van der Waals surface area contributed by atoms with Gasteiger partial charge in [0.1, 0.15) is 0 Å². The summed E-state index contributed by atoms with van der Waals surface area (Å²) in [6.07, 6.45) is 1.86. The lowest BCUT2D eigenvalue weighted by Crippen LogP contribution is -2.31. The van der Waals surface area contributed by atoms with Crippen molar-refractivity contribution in [2.45, 2.75) is 6.54 Å². The minimum atomic E-state index is -0.276. The Hall–Kier alpha value is -2.12. The van der Waals surface area contributed by atoms with Crippen molar-refractivity contribution in [3.05, 3.63) is 57.9 Å². The molecule has 8 heteroatoms. The normalized spacial score (nSPS) is 10.7. The van der Waals surface area contributed by atoms with Crippen LogP contribution in [0.5, 0.6) is 0 Å². The molecular formula is C15H13BrClN5O. The second-order valence-corrected chi connectivity index (χ2v) is 6.28. The van der Waals surface area contributed by atoms with Crippen LogP contribution < -0.4 is 5.32 Å². The summed E-state index contributed by atoms with van der Waals surface area (Å²) < 4.78 is 2.69. The monoisotopic (exact) mass is 393 g/mol. The fraction of sp³-hybridized carbons (Fsp3) is 0.133. The average molecular weight is 395 g/mol. The van der Waals surface area contributed by atoms with Crippen LogP contribution in [0.3, 0.4) is 0 Å². The molecule has 3 rings (SSSR count). The van der Waals surface area contributed by atoms with Gasteiger partial charge in [0, 0.05) is 17.7 Å². The van der Waals surface area contributed by atoms with Crippen molar-refractivity contribution in [2.75, 3.05) is 12.4 Å². The van der Waals surface area contributed by atoms with E-state index in [0.29, 0.717) is 23.1 Å². The Morgan fingerprint density at radius 3 is 2.96 bits per heavy atom. The molecule has 0 aliphatic rings. The van der Waals surface area contributed by atoms with E-state index in [0.717, 1.165) is 10.1 Å². The molecule has 23 heavy (non-hydrogen) atoms. The Balaban J connectivity index is 1.72. The first-order valence-corrected chi connectivity index (χ1v) is 7.97. The number of anilines is 1. The van der Waals surface area contributed by atoms with Crippen LogP contribution in [0.4, 0.5) is 10.5 Å². The van der Waals surface area contributed by atoms with Gasteiger partial charge in [0.15, 0.2) is 11.5 Å². The number of nitrogens with one attached hydrogen (secondary N) is 1. The number of urea groups is 1. The number of rotatable bonds is 3. The molecule has 1 aromatic carbocycles. The Morgan fingerprint density at radius 2 is 2.17 bits per heavy atom. The summed E-state index contributed by atoms with van der Waals surface area (Å²) in [6.45, 7) is 0.325. The topological polar surface area (TPSA) is 62.5 Å². The highest BCUT2D eigenvalue weighted by atomic mass is 79.9. The van der Waals surface area contributed by atoms with E-state index in [9.17, 15) is 4.79 Å². The Kier molecular flexibility index (Phi) is 4.49. The second kappa shape index (κ2) is 6.55. The summed E-state index contributed by atoms with van der Waals surface area (Å²) in [6, 6.07) is 10.6. The van der Waals surface area contributed by atoms with E-state index < -0.39 is 0 Å². The molecule has 0 bridgehead atoms. The van der Waals surface area contributed by atoms with Crippen LogP contribution in [-0.2, 0) is 6.54 Å². The molecule has 0 radical (unpaired) electrons. The van der Waals surface area contributed by atoms with Gasteiger partial charge in [0.2, 0.25) is 0 Å². The molecule has 0 aliphatic carbocycles. The van der Waals surface area contributed by atoms with E-state index in [2.05, 4.69) is 31.4 Å². The van der Waals surface area contributed by atoms with Crippen LogP contribution in [-0.4, -0.2) is 32.6 Å². The van der Waals surface area contributed by atoms with Gasteiger partial charge in [-0.3, -0.25) is 4.40 Å². The van der Waals surface area contributed by atoms with E-state index >= 15 is 0 Å². The highest BCUT2D eigenvalue weighted by Crippen LogP contribution is 2.25. The maximum atomic E-state index is 12.3. The molecule has 6 nitrogen and oxygen atoms in total. The van der Waals surface area contributed by atoms with Crippen LogP contribution in [0.25, 0.3) is 5.65 Å². The highest BCUT2D eigenvalue weighted by molar-refractivity contribution is 9.10. The molecular weight excluding hydrogens is 382 g/mol. The van der Waals surface area contributed by atoms with Crippen molar-refractivity contribution >= 4 is 44.9 Å². The SMILES string of the molecule is CN(Cc1nnc2ccccn12)C(=O)Nc1ccc(Br)cc1Cl. The number of nitrogens with zero attached hydrogens (tertiary/aromatic N) is 4. The van der Waals surface area contributed by atoms with Gasteiger partial charge in [0.25, 0.3) is 0 Å². The number of amides is 2. The fourth-order valence-electron chi connectivity index (χ4n) is 2.08. The molecule has 2 amide bonds. The molecule has 0 unspecified atom stereocenters. The number of carbonyl (C=O) groups is 1. The van der Waals surface area contributed by atoms with E-state index in [4.69, 9.17) is 11.6 Å². The van der Waals surface area contributed by atoms with Crippen LogP contribution >= 0.6 is 27.5 Å². The van der Waals surface area contributed by atoms with Gasteiger partial charge in [-0.25, -0.2) is 4.79 Å². The quantitative estimate of drug-likeness (QED) is 0.735. The number of fused-ring (bicyclic) bond motifs is 1. The minimum Gasteiger partial charge on any atom is -0.320 e. The predicted molar refractivity (Wildman–Crippen MR) is 92.6 cm³/mol. The van der Waals surface area contributed by atoms with Crippen molar-refractivity contribution in [2.24, 2.45) is 0 Å². The predicted octanol–water partition coefficient (Wildman–Crippen LogP) is 3.81. The maximum Gasteiger partial charge on any atom is 0.322 e. The first-order chi connectivity index (χ1) is 11.0. The first-order valence-electron chi connectivity index (χ1n) is 6.80. The van der Waals surface area contributed by atoms with E-state index in [1.807, 2.05) is 34.9 Å². The van der Waals surface area contributed by atoms with E-state index in [1.54, 1.807) is 19.2 Å². The third kappa shape index (κ3) is 3.46. The zero-order valence-electron chi connectivity index (χ0n) is 12.2. The molecule has 1 N–H and O–H groups in total. The largest absolute Gasteiger partial charge is 0.322 e. The smallest absolute Gasteiger partial charge is 0.320 e. The summed E-state index contributed by atoms with van der Waals surface area (Å²) in [7, 11) is 1.69. The number of pyridine rings is 1. The molecule has 0 atom stereocenters. The Morgan fingerprint density at radius 1 is 1.35 bits per heavy atom. The fourth-order valence-corrected chi connectivity index (χ4v) is 2.80. The van der Waals surface area contributed by atoms with Gasteiger partial charge in [-0.05, 0) is 30.3 Å². The van der Waals surface area contributed by atoms with Crippen molar-refractivity contribution in [3.63, 3.8) is 0 Å². The highest BCUT2D eigenvalue weighted by Gasteiger charge is 2.14. The summed E-state index contributed by atoms with van der Waals surface area (Å²) in [5, 5.41) is 11.4. The molecule has 118 valence electrons. The average Bonchev–Trinajstić information content (AvgIpc) is 2.93. The third-order valence-corrected chi connectivity index (χ3v) is 4.09. The number of hydrogen-bond donors (Lipinski definition) is 1. The van der Waals surface area contributed by atoms with Gasteiger partial charge in [0.05, 0.1) is 17.3 Å². The number of hydrogen-bond acceptors (Lipinski definition) is 3. The van der Waals surface area contributed by atoms with Gasteiger partial charge in [-0.2, -0.15) is 0 Å². The lowest BCUT2D eigenvalue weighted by Gasteiger charge is -2.17. The minimum absolute atomic E-state index is 0.276. The second-order valence-electron chi connectivity index (χ2n) is 4.96.